The molecule has 2 aliphatic carbocycles. The van der Waals surface area contributed by atoms with Crippen molar-refractivity contribution in [3.05, 3.63) is 235 Å². The Hall–Kier alpha value is -7.94. The van der Waals surface area contributed by atoms with E-state index in [0.29, 0.717) is 0 Å². The van der Waals surface area contributed by atoms with Crippen LogP contribution in [0.25, 0.3) is 88.3 Å². The molecule has 0 spiro atoms. The Bertz CT molecular complexity index is 3590. The third-order valence-electron chi connectivity index (χ3n) is 14.9. The molecule has 314 valence electrons. The van der Waals surface area contributed by atoms with Crippen LogP contribution in [0.15, 0.2) is 217 Å². The molecule has 0 fully saturated rings. The molecule has 0 aliphatic heterocycles. The van der Waals surface area contributed by atoms with Gasteiger partial charge >= 0.3 is 0 Å². The van der Waals surface area contributed by atoms with Gasteiger partial charge in [0.2, 0.25) is 0 Å². The lowest BCUT2D eigenvalue weighted by Gasteiger charge is -2.30. The van der Waals surface area contributed by atoms with E-state index in [1.165, 1.54) is 82.9 Å². The van der Waals surface area contributed by atoms with Gasteiger partial charge in [-0.25, -0.2) is 0 Å². The van der Waals surface area contributed by atoms with Gasteiger partial charge in [-0.15, -0.1) is 0 Å². The molecule has 0 atom stereocenters. The first kappa shape index (κ1) is 38.5. The van der Waals surface area contributed by atoms with Crippen LogP contribution in [0.3, 0.4) is 0 Å². The molecule has 0 saturated carbocycles. The molecule has 0 unspecified atom stereocenters. The van der Waals surface area contributed by atoms with E-state index in [0.717, 1.165) is 44.7 Å². The minimum atomic E-state index is -0.194. The summed E-state index contributed by atoms with van der Waals surface area (Å²) < 4.78 is 6.50. The number of hydrogen-bond donors (Lipinski definition) is 0. The van der Waals surface area contributed by atoms with Gasteiger partial charge in [0.05, 0.1) is 0 Å². The van der Waals surface area contributed by atoms with E-state index in [4.69, 9.17) is 4.42 Å². The Morgan fingerprint density at radius 1 is 0.318 bits per heavy atom. The Balaban J connectivity index is 0.921. The highest BCUT2D eigenvalue weighted by Gasteiger charge is 2.38. The minimum absolute atomic E-state index is 0.194. The van der Waals surface area contributed by atoms with Gasteiger partial charge in [-0.2, -0.15) is 0 Å². The van der Waals surface area contributed by atoms with Crippen LogP contribution in [0.2, 0.25) is 0 Å². The molecule has 2 heteroatoms. The van der Waals surface area contributed by atoms with E-state index in [-0.39, 0.29) is 10.8 Å². The molecule has 0 N–H and O–H groups in total. The predicted molar refractivity (Wildman–Crippen MR) is 277 cm³/mol. The average Bonchev–Trinajstić information content (AvgIpc) is 3.93. The molecule has 0 radical (unpaired) electrons. The Labute approximate surface area is 386 Å². The van der Waals surface area contributed by atoms with Gasteiger partial charge in [-0.05, 0) is 155 Å². The van der Waals surface area contributed by atoms with Crippen LogP contribution in [0, 0.1) is 0 Å². The molecule has 2 nitrogen and oxygen atoms in total. The van der Waals surface area contributed by atoms with Crippen molar-refractivity contribution in [1.29, 1.82) is 0 Å². The summed E-state index contributed by atoms with van der Waals surface area (Å²) in [5.41, 5.74) is 22.8. The van der Waals surface area contributed by atoms with E-state index in [2.05, 4.69) is 245 Å². The van der Waals surface area contributed by atoms with Crippen LogP contribution in [0.4, 0.5) is 17.1 Å². The van der Waals surface area contributed by atoms with Gasteiger partial charge in [0.1, 0.15) is 11.2 Å². The fourth-order valence-corrected chi connectivity index (χ4v) is 11.3. The number of hydrogen-bond acceptors (Lipinski definition) is 2. The smallest absolute Gasteiger partial charge is 0.136 e. The van der Waals surface area contributed by atoms with Gasteiger partial charge in [0.15, 0.2) is 0 Å². The van der Waals surface area contributed by atoms with Crippen molar-refractivity contribution in [2.45, 2.75) is 38.5 Å². The normalized spacial score (nSPS) is 14.0. The fourth-order valence-electron chi connectivity index (χ4n) is 11.3. The molecule has 0 saturated heterocycles. The Morgan fingerprint density at radius 2 is 0.758 bits per heavy atom. The average molecular weight is 846 g/mol. The van der Waals surface area contributed by atoms with Crippen molar-refractivity contribution in [2.75, 3.05) is 4.90 Å². The van der Waals surface area contributed by atoms with E-state index in [1.54, 1.807) is 0 Å². The third kappa shape index (κ3) is 5.81. The number of rotatable bonds is 6. The molecule has 1 aromatic heterocycles. The van der Waals surface area contributed by atoms with Crippen molar-refractivity contribution in [3.8, 4) is 55.6 Å². The fraction of sp³-hybridized carbons (Fsp3) is 0.0938. The summed E-state index contributed by atoms with van der Waals surface area (Å²) in [4.78, 5) is 2.46. The Morgan fingerprint density at radius 3 is 1.33 bits per heavy atom. The molecular formula is C64H47NO. The maximum Gasteiger partial charge on any atom is 0.136 e. The summed E-state index contributed by atoms with van der Waals surface area (Å²) in [6, 6.07) is 78.3. The highest BCUT2D eigenvalue weighted by molar-refractivity contribution is 6.19. The van der Waals surface area contributed by atoms with Crippen molar-refractivity contribution in [3.63, 3.8) is 0 Å². The number of furan rings is 1. The van der Waals surface area contributed by atoms with Gasteiger partial charge in [-0.3, -0.25) is 0 Å². The second kappa shape index (κ2) is 14.3. The second-order valence-electron chi connectivity index (χ2n) is 19.3. The summed E-state index contributed by atoms with van der Waals surface area (Å²) in [7, 11) is 0. The zero-order valence-electron chi connectivity index (χ0n) is 37.6. The highest BCUT2D eigenvalue weighted by Crippen LogP contribution is 2.54. The van der Waals surface area contributed by atoms with Crippen LogP contribution in [-0.2, 0) is 10.8 Å². The molecule has 10 aromatic carbocycles. The first-order chi connectivity index (χ1) is 32.2. The molecule has 11 aromatic rings. The molecule has 66 heavy (non-hydrogen) atoms. The van der Waals surface area contributed by atoms with Crippen molar-refractivity contribution in [2.24, 2.45) is 0 Å². The van der Waals surface area contributed by atoms with Crippen LogP contribution < -0.4 is 4.90 Å². The largest absolute Gasteiger partial charge is 0.456 e. The number of anilines is 3. The maximum atomic E-state index is 6.50. The standard InChI is InChI=1S/C64H47NO/c1-63(2)56-35-44(40-13-7-5-8-14-40)21-29-51(56)53-32-27-48(38-58(53)63)65(49-28-33-54-52-30-22-45(41-15-9-6-10-16-41)36-57(52)64(3,4)59(54)39-49)47-25-19-42(20-26-47)46-23-31-55-61(37-46)66-60-34-24-43-17-11-12-18-50(43)62(55)60/h5-39H,1-4H3. The summed E-state index contributed by atoms with van der Waals surface area (Å²) in [6.45, 7) is 9.54. The predicted octanol–water partition coefficient (Wildman–Crippen LogP) is 17.8. The molecular weight excluding hydrogens is 799 g/mol. The van der Waals surface area contributed by atoms with E-state index >= 15 is 0 Å². The summed E-state index contributed by atoms with van der Waals surface area (Å²) >= 11 is 0. The first-order valence-electron chi connectivity index (χ1n) is 23.2. The number of benzene rings is 10. The summed E-state index contributed by atoms with van der Waals surface area (Å²) in [6.07, 6.45) is 0. The first-order valence-corrected chi connectivity index (χ1v) is 23.2. The van der Waals surface area contributed by atoms with Gasteiger partial charge in [0.25, 0.3) is 0 Å². The molecule has 2 aliphatic rings. The second-order valence-corrected chi connectivity index (χ2v) is 19.3. The molecule has 0 bridgehead atoms. The lowest BCUT2D eigenvalue weighted by Crippen LogP contribution is -2.18. The zero-order valence-corrected chi connectivity index (χ0v) is 37.6. The molecule has 0 amide bonds. The van der Waals surface area contributed by atoms with Crippen molar-refractivity contribution < 1.29 is 4.42 Å². The maximum absolute atomic E-state index is 6.50. The van der Waals surface area contributed by atoms with E-state index in [9.17, 15) is 0 Å². The SMILES string of the molecule is CC1(C)c2cc(-c3ccccc3)ccc2-c2ccc(N(c3ccc(-c4ccc5c(c4)oc4ccc6ccccc6c45)cc3)c3ccc4c(c3)C(C)(C)c3cc(-c5ccccc5)ccc3-4)cc21. The monoisotopic (exact) mass is 845 g/mol. The zero-order chi connectivity index (χ0) is 44.3. The summed E-state index contributed by atoms with van der Waals surface area (Å²) in [5, 5.41) is 4.76. The minimum Gasteiger partial charge on any atom is -0.456 e. The van der Waals surface area contributed by atoms with Crippen molar-refractivity contribution >= 4 is 49.8 Å². The highest BCUT2D eigenvalue weighted by atomic mass is 16.3. The van der Waals surface area contributed by atoms with Gasteiger partial charge < -0.3 is 9.32 Å². The van der Waals surface area contributed by atoms with Gasteiger partial charge in [0, 0.05) is 38.7 Å². The van der Waals surface area contributed by atoms with Crippen LogP contribution in [0.5, 0.6) is 0 Å². The Kier molecular flexibility index (Phi) is 8.33. The number of fused-ring (bicyclic) bond motifs is 11. The van der Waals surface area contributed by atoms with Crippen LogP contribution in [-0.4, -0.2) is 0 Å². The topological polar surface area (TPSA) is 16.4 Å². The molecule has 13 rings (SSSR count). The van der Waals surface area contributed by atoms with E-state index in [1.807, 2.05) is 0 Å². The number of nitrogens with zero attached hydrogens (tertiary/aromatic N) is 1. The lowest BCUT2D eigenvalue weighted by molar-refractivity contribution is 0.660. The van der Waals surface area contributed by atoms with Crippen LogP contribution in [0.1, 0.15) is 49.9 Å². The molecule has 1 heterocycles. The lowest BCUT2D eigenvalue weighted by atomic mass is 9.81. The van der Waals surface area contributed by atoms with Gasteiger partial charge in [-0.1, -0.05) is 173 Å². The van der Waals surface area contributed by atoms with Crippen molar-refractivity contribution in [1.82, 2.24) is 0 Å². The van der Waals surface area contributed by atoms with E-state index < -0.39 is 0 Å². The quantitative estimate of drug-likeness (QED) is 0.166. The summed E-state index contributed by atoms with van der Waals surface area (Å²) in [5.74, 6) is 0. The third-order valence-corrected chi connectivity index (χ3v) is 14.9. The van der Waals surface area contributed by atoms with Crippen LogP contribution >= 0.6 is 0 Å².